The number of hydrogen-bond acceptors (Lipinski definition) is 5. The third-order valence-electron chi connectivity index (χ3n) is 6.23. The SMILES string of the molecule is CC(C)(C)OC(=O)N1CCC(C)(C(=O)OCN(C(=O)C(F)(F)F)[C@@H]2C[C@H]2c2ccccc2)CC1. The number of benzene rings is 1. The molecule has 2 atom stereocenters. The van der Waals surface area contributed by atoms with Crippen LogP contribution in [0.25, 0.3) is 0 Å². The minimum Gasteiger partial charge on any atom is -0.444 e. The van der Waals surface area contributed by atoms with Gasteiger partial charge in [-0.2, -0.15) is 13.2 Å². The van der Waals surface area contributed by atoms with Crippen molar-refractivity contribution in [3.8, 4) is 0 Å². The second-order valence-corrected chi connectivity index (χ2v) is 10.2. The molecule has 2 aliphatic rings. The van der Waals surface area contributed by atoms with Crippen molar-refractivity contribution < 1.29 is 37.0 Å². The van der Waals surface area contributed by atoms with Crippen molar-refractivity contribution in [3.63, 3.8) is 0 Å². The van der Waals surface area contributed by atoms with Crippen molar-refractivity contribution in [3.05, 3.63) is 35.9 Å². The highest BCUT2D eigenvalue weighted by Gasteiger charge is 2.52. The first kappa shape index (κ1) is 25.8. The number of nitrogens with zero attached hydrogens (tertiary/aromatic N) is 2. The van der Waals surface area contributed by atoms with Gasteiger partial charge in [0, 0.05) is 25.0 Å². The Hall–Kier alpha value is -2.78. The molecule has 1 heterocycles. The largest absolute Gasteiger partial charge is 0.471 e. The van der Waals surface area contributed by atoms with Crippen LogP contribution in [0.3, 0.4) is 0 Å². The smallest absolute Gasteiger partial charge is 0.444 e. The molecule has 10 heteroatoms. The summed E-state index contributed by atoms with van der Waals surface area (Å²) in [6.07, 6.45) is -4.64. The van der Waals surface area contributed by atoms with E-state index in [1.807, 2.05) is 0 Å². The Kier molecular flexibility index (Phi) is 7.19. The van der Waals surface area contributed by atoms with Gasteiger partial charge in [0.15, 0.2) is 6.73 Å². The van der Waals surface area contributed by atoms with Gasteiger partial charge < -0.3 is 14.4 Å². The van der Waals surface area contributed by atoms with Gasteiger partial charge >= 0.3 is 24.1 Å². The number of carbonyl (C=O) groups is 3. The van der Waals surface area contributed by atoms with Gasteiger partial charge in [-0.15, -0.1) is 0 Å². The van der Waals surface area contributed by atoms with E-state index in [0.29, 0.717) is 11.3 Å². The molecular weight excluding hydrogens is 453 g/mol. The summed E-state index contributed by atoms with van der Waals surface area (Å²) >= 11 is 0. The highest BCUT2D eigenvalue weighted by molar-refractivity contribution is 5.83. The van der Waals surface area contributed by atoms with E-state index in [1.165, 1.54) is 4.90 Å². The van der Waals surface area contributed by atoms with Gasteiger partial charge in [-0.25, -0.2) is 4.79 Å². The van der Waals surface area contributed by atoms with E-state index in [2.05, 4.69) is 0 Å². The van der Waals surface area contributed by atoms with E-state index in [-0.39, 0.29) is 31.8 Å². The Morgan fingerprint density at radius 3 is 2.21 bits per heavy atom. The Balaban J connectivity index is 1.60. The molecule has 0 bridgehead atoms. The molecule has 3 rings (SSSR count). The van der Waals surface area contributed by atoms with E-state index >= 15 is 0 Å². The summed E-state index contributed by atoms with van der Waals surface area (Å²) in [5.41, 5.74) is -0.792. The Morgan fingerprint density at radius 1 is 1.09 bits per heavy atom. The monoisotopic (exact) mass is 484 g/mol. The molecule has 0 unspecified atom stereocenters. The first-order valence-corrected chi connectivity index (χ1v) is 11.3. The molecular formula is C24H31F3N2O5. The first-order valence-electron chi connectivity index (χ1n) is 11.3. The van der Waals surface area contributed by atoms with Crippen LogP contribution >= 0.6 is 0 Å². The molecule has 34 heavy (non-hydrogen) atoms. The molecule has 1 aliphatic heterocycles. The zero-order chi connectivity index (χ0) is 25.3. The lowest BCUT2D eigenvalue weighted by Crippen LogP contribution is -2.49. The molecule has 0 spiro atoms. The van der Waals surface area contributed by atoms with Crippen LogP contribution in [-0.4, -0.2) is 65.4 Å². The molecule has 1 aliphatic carbocycles. The van der Waals surface area contributed by atoms with Crippen LogP contribution < -0.4 is 0 Å². The lowest BCUT2D eigenvalue weighted by Gasteiger charge is -2.38. The molecule has 1 aromatic carbocycles. The van der Waals surface area contributed by atoms with Crippen LogP contribution in [-0.2, 0) is 19.1 Å². The van der Waals surface area contributed by atoms with E-state index in [0.717, 1.165) is 5.56 Å². The highest BCUT2D eigenvalue weighted by Crippen LogP contribution is 2.46. The van der Waals surface area contributed by atoms with Gasteiger partial charge in [0.25, 0.3) is 0 Å². The molecule has 1 aromatic rings. The summed E-state index contributed by atoms with van der Waals surface area (Å²) < 4.78 is 50.3. The number of ether oxygens (including phenoxy) is 2. The zero-order valence-corrected chi connectivity index (χ0v) is 19.9. The predicted octanol–water partition coefficient (Wildman–Crippen LogP) is 4.47. The molecule has 1 saturated heterocycles. The summed E-state index contributed by atoms with van der Waals surface area (Å²) in [6, 6.07) is 8.27. The van der Waals surface area contributed by atoms with Crippen LogP contribution in [0.5, 0.6) is 0 Å². The number of esters is 1. The summed E-state index contributed by atoms with van der Waals surface area (Å²) in [7, 11) is 0. The molecule has 2 fully saturated rings. The average Bonchev–Trinajstić information content (AvgIpc) is 3.53. The fraction of sp³-hybridized carbons (Fsp3) is 0.625. The van der Waals surface area contributed by atoms with Crippen molar-refractivity contribution in [2.24, 2.45) is 5.41 Å². The maximum Gasteiger partial charge on any atom is 0.471 e. The van der Waals surface area contributed by atoms with E-state index in [4.69, 9.17) is 9.47 Å². The van der Waals surface area contributed by atoms with Crippen LogP contribution in [0.1, 0.15) is 58.4 Å². The third kappa shape index (κ3) is 6.21. The summed E-state index contributed by atoms with van der Waals surface area (Å²) in [5, 5.41) is 0. The standard InChI is InChI=1S/C24H31F3N2O5/c1-22(2,3)34-21(32)28-12-10-23(4,11-13-28)20(31)33-15-29(19(30)24(25,26)27)18-14-17(18)16-8-6-5-7-9-16/h5-9,17-18H,10-15H2,1-4H3/t17-,18+/m0/s1. The number of piperidine rings is 1. The van der Waals surface area contributed by atoms with Gasteiger partial charge in [0.05, 0.1) is 5.41 Å². The number of alkyl halides is 3. The van der Waals surface area contributed by atoms with Crippen LogP contribution in [0.2, 0.25) is 0 Å². The molecule has 7 nitrogen and oxygen atoms in total. The Labute approximate surface area is 197 Å². The molecule has 0 radical (unpaired) electrons. The highest BCUT2D eigenvalue weighted by atomic mass is 19.4. The number of rotatable bonds is 5. The topological polar surface area (TPSA) is 76.2 Å². The van der Waals surface area contributed by atoms with Crippen molar-refractivity contribution >= 4 is 18.0 Å². The average molecular weight is 485 g/mol. The Bertz CT molecular complexity index is 905. The Morgan fingerprint density at radius 2 is 1.68 bits per heavy atom. The van der Waals surface area contributed by atoms with Gasteiger partial charge in [-0.05, 0) is 52.5 Å². The van der Waals surface area contributed by atoms with Crippen LogP contribution in [0, 0.1) is 5.41 Å². The van der Waals surface area contributed by atoms with E-state index < -0.39 is 47.9 Å². The van der Waals surface area contributed by atoms with Gasteiger partial charge in [-0.1, -0.05) is 30.3 Å². The molecule has 188 valence electrons. The maximum absolute atomic E-state index is 13.2. The second kappa shape index (κ2) is 9.46. The molecule has 1 saturated carbocycles. The van der Waals surface area contributed by atoms with Crippen LogP contribution in [0.15, 0.2) is 30.3 Å². The molecule has 0 aromatic heterocycles. The quantitative estimate of drug-likeness (QED) is 0.455. The van der Waals surface area contributed by atoms with Crippen molar-refractivity contribution in [2.75, 3.05) is 19.8 Å². The number of halogens is 3. The summed E-state index contributed by atoms with van der Waals surface area (Å²) in [6.45, 7) is 6.67. The number of amides is 2. The maximum atomic E-state index is 13.2. The third-order valence-corrected chi connectivity index (χ3v) is 6.23. The minimum absolute atomic E-state index is 0.237. The van der Waals surface area contributed by atoms with Crippen molar-refractivity contribution in [1.29, 1.82) is 0 Å². The molecule has 2 amide bonds. The second-order valence-electron chi connectivity index (χ2n) is 10.2. The van der Waals surface area contributed by atoms with Crippen molar-refractivity contribution in [2.45, 2.75) is 70.7 Å². The minimum atomic E-state index is -5.07. The number of hydrogen-bond donors (Lipinski definition) is 0. The van der Waals surface area contributed by atoms with Gasteiger partial charge in [-0.3, -0.25) is 14.5 Å². The predicted molar refractivity (Wildman–Crippen MR) is 117 cm³/mol. The van der Waals surface area contributed by atoms with E-state index in [1.54, 1.807) is 58.0 Å². The summed E-state index contributed by atoms with van der Waals surface area (Å²) in [5.74, 6) is -2.94. The van der Waals surface area contributed by atoms with Crippen molar-refractivity contribution in [1.82, 2.24) is 9.80 Å². The normalized spacial score (nSPS) is 22.0. The number of likely N-dealkylation sites (tertiary alicyclic amines) is 1. The lowest BCUT2D eigenvalue weighted by atomic mass is 9.80. The lowest BCUT2D eigenvalue weighted by molar-refractivity contribution is -0.194. The van der Waals surface area contributed by atoms with E-state index in [9.17, 15) is 27.6 Å². The summed E-state index contributed by atoms with van der Waals surface area (Å²) in [4.78, 5) is 39.2. The van der Waals surface area contributed by atoms with Crippen LogP contribution in [0.4, 0.5) is 18.0 Å². The molecule has 0 N–H and O–H groups in total. The number of carbonyl (C=O) groups excluding carboxylic acids is 3. The first-order chi connectivity index (χ1) is 15.7. The van der Waals surface area contributed by atoms with Gasteiger partial charge in [0.2, 0.25) is 0 Å². The fourth-order valence-electron chi connectivity index (χ4n) is 4.07. The zero-order valence-electron chi connectivity index (χ0n) is 19.9. The van der Waals surface area contributed by atoms with Gasteiger partial charge in [0.1, 0.15) is 5.60 Å². The fourth-order valence-corrected chi connectivity index (χ4v) is 4.07.